The second-order valence-corrected chi connectivity index (χ2v) is 7.19. The smallest absolute Gasteiger partial charge is 0.225 e. The quantitative estimate of drug-likeness (QED) is 0.743. The molecule has 0 aromatic heterocycles. The molecule has 0 bridgehead atoms. The highest BCUT2D eigenvalue weighted by Gasteiger charge is 2.10. The monoisotopic (exact) mass is 298 g/mol. The number of hydrogen-bond acceptors (Lipinski definition) is 4. The molecular weight excluding hydrogens is 288 g/mol. The summed E-state index contributed by atoms with van der Waals surface area (Å²) in [4.78, 5) is -0.0694. The summed E-state index contributed by atoms with van der Waals surface area (Å²) in [7, 11) is -7.32. The molecule has 0 heterocycles. The molecule has 96 valence electrons. The van der Waals surface area contributed by atoms with Crippen molar-refractivity contribution in [1.82, 2.24) is 4.72 Å². The molecule has 0 radical (unpaired) electrons. The van der Waals surface area contributed by atoms with Crippen LogP contribution in [0.1, 0.15) is 5.56 Å². The van der Waals surface area contributed by atoms with Crippen molar-refractivity contribution in [1.29, 1.82) is 0 Å². The van der Waals surface area contributed by atoms with Crippen LogP contribution in [0.5, 0.6) is 0 Å². The Kier molecular flexibility index (Phi) is 4.50. The number of benzene rings is 1. The van der Waals surface area contributed by atoms with Crippen LogP contribution in [-0.2, 0) is 26.6 Å². The van der Waals surface area contributed by atoms with E-state index in [1.807, 2.05) is 0 Å². The largest absolute Gasteiger partial charge is 0.238 e. The first-order valence-electron chi connectivity index (χ1n) is 4.40. The molecule has 1 aromatic rings. The molecule has 6 nitrogen and oxygen atoms in total. The van der Waals surface area contributed by atoms with Crippen LogP contribution in [0.3, 0.4) is 0 Å². The Morgan fingerprint density at radius 3 is 2.41 bits per heavy atom. The van der Waals surface area contributed by atoms with Crippen LogP contribution in [0.4, 0.5) is 0 Å². The van der Waals surface area contributed by atoms with Crippen LogP contribution in [0.25, 0.3) is 0 Å². The molecular formula is C8H11ClN2O4S2. The van der Waals surface area contributed by atoms with E-state index >= 15 is 0 Å². The average Bonchev–Trinajstić information content (AvgIpc) is 2.26. The number of rotatable bonds is 5. The third kappa shape index (κ3) is 4.60. The minimum absolute atomic E-state index is 0.0432. The van der Waals surface area contributed by atoms with Gasteiger partial charge in [-0.05, 0) is 17.7 Å². The maximum atomic E-state index is 11.1. The standard InChI is InChI=1S/C8H11ClN2O4S2/c9-6-16(12,13)11-5-7-2-1-3-8(4-7)17(10,14)15/h1-4,11H,5-6H2,(H2,10,14,15). The zero-order valence-electron chi connectivity index (χ0n) is 8.63. The Bertz CT molecular complexity index is 598. The molecule has 0 fully saturated rings. The fourth-order valence-electron chi connectivity index (χ4n) is 1.06. The summed E-state index contributed by atoms with van der Waals surface area (Å²) in [6, 6.07) is 5.68. The zero-order valence-corrected chi connectivity index (χ0v) is 11.0. The SMILES string of the molecule is NS(=O)(=O)c1cccc(CNS(=O)(=O)CCl)c1. The molecule has 0 amide bonds. The van der Waals surface area contributed by atoms with Crippen LogP contribution in [0, 0.1) is 0 Å². The number of primary sulfonamides is 1. The van der Waals surface area contributed by atoms with Crippen LogP contribution in [-0.4, -0.2) is 22.0 Å². The van der Waals surface area contributed by atoms with Gasteiger partial charge in [0.1, 0.15) is 5.21 Å². The Hall–Kier alpha value is -0.670. The summed E-state index contributed by atoms with van der Waals surface area (Å²) in [6.45, 7) is -0.0432. The normalized spacial score (nSPS) is 12.6. The highest BCUT2D eigenvalue weighted by Crippen LogP contribution is 2.09. The Morgan fingerprint density at radius 2 is 1.88 bits per heavy atom. The molecule has 0 unspecified atom stereocenters. The second-order valence-electron chi connectivity index (χ2n) is 3.24. The van der Waals surface area contributed by atoms with Crippen molar-refractivity contribution in [2.45, 2.75) is 11.4 Å². The van der Waals surface area contributed by atoms with Gasteiger partial charge in [0, 0.05) is 6.54 Å². The van der Waals surface area contributed by atoms with Gasteiger partial charge < -0.3 is 0 Å². The lowest BCUT2D eigenvalue weighted by atomic mass is 10.2. The predicted molar refractivity (Wildman–Crippen MR) is 64.3 cm³/mol. The van der Waals surface area contributed by atoms with Crippen molar-refractivity contribution in [2.24, 2.45) is 5.14 Å². The van der Waals surface area contributed by atoms with Gasteiger partial charge in [0.15, 0.2) is 0 Å². The molecule has 0 saturated carbocycles. The van der Waals surface area contributed by atoms with Crippen LogP contribution < -0.4 is 9.86 Å². The topological polar surface area (TPSA) is 106 Å². The summed E-state index contributed by atoms with van der Waals surface area (Å²) in [6.07, 6.45) is 0. The average molecular weight is 299 g/mol. The third-order valence-electron chi connectivity index (χ3n) is 1.87. The summed E-state index contributed by atoms with van der Waals surface area (Å²) in [5.74, 6) is 0. The first-order valence-corrected chi connectivity index (χ1v) is 8.13. The fourth-order valence-corrected chi connectivity index (χ4v) is 2.34. The van der Waals surface area contributed by atoms with E-state index in [1.165, 1.54) is 18.2 Å². The third-order valence-corrected chi connectivity index (χ3v) is 4.51. The van der Waals surface area contributed by atoms with Crippen molar-refractivity contribution >= 4 is 31.6 Å². The minimum atomic E-state index is -3.79. The van der Waals surface area contributed by atoms with Crippen molar-refractivity contribution in [2.75, 3.05) is 5.21 Å². The molecule has 3 N–H and O–H groups in total. The number of hydrogen-bond donors (Lipinski definition) is 2. The van der Waals surface area contributed by atoms with E-state index in [-0.39, 0.29) is 11.4 Å². The number of sulfonamides is 2. The van der Waals surface area contributed by atoms with E-state index in [9.17, 15) is 16.8 Å². The Balaban J connectivity index is 2.88. The highest BCUT2D eigenvalue weighted by atomic mass is 35.5. The fraction of sp³-hybridized carbons (Fsp3) is 0.250. The number of halogens is 1. The first-order chi connectivity index (χ1) is 7.74. The van der Waals surface area contributed by atoms with Crippen LogP contribution >= 0.6 is 11.6 Å². The van der Waals surface area contributed by atoms with Gasteiger partial charge >= 0.3 is 0 Å². The highest BCUT2D eigenvalue weighted by molar-refractivity contribution is 7.90. The maximum absolute atomic E-state index is 11.1. The van der Waals surface area contributed by atoms with Gasteiger partial charge in [-0.15, -0.1) is 11.6 Å². The molecule has 1 aromatic carbocycles. The molecule has 9 heteroatoms. The lowest BCUT2D eigenvalue weighted by Crippen LogP contribution is -2.24. The molecule has 0 aliphatic carbocycles. The summed E-state index contributed by atoms with van der Waals surface area (Å²) < 4.78 is 46.5. The Morgan fingerprint density at radius 1 is 1.24 bits per heavy atom. The number of nitrogens with one attached hydrogen (secondary N) is 1. The lowest BCUT2D eigenvalue weighted by molar-refractivity contribution is 0.586. The second kappa shape index (κ2) is 5.32. The van der Waals surface area contributed by atoms with Gasteiger partial charge in [-0.3, -0.25) is 0 Å². The summed E-state index contributed by atoms with van der Waals surface area (Å²) in [5.41, 5.74) is 0.477. The van der Waals surface area contributed by atoms with Gasteiger partial charge in [-0.2, -0.15) is 0 Å². The van der Waals surface area contributed by atoms with Gasteiger partial charge in [-0.25, -0.2) is 26.7 Å². The van der Waals surface area contributed by atoms with Gasteiger partial charge in [0.25, 0.3) is 0 Å². The van der Waals surface area contributed by atoms with E-state index in [4.69, 9.17) is 16.7 Å². The van der Waals surface area contributed by atoms with E-state index in [0.29, 0.717) is 5.56 Å². The van der Waals surface area contributed by atoms with Crippen molar-refractivity contribution in [3.8, 4) is 0 Å². The van der Waals surface area contributed by atoms with Crippen LogP contribution in [0.15, 0.2) is 29.2 Å². The van der Waals surface area contributed by atoms with Gasteiger partial charge in [0.2, 0.25) is 20.0 Å². The molecule has 0 spiro atoms. The molecule has 0 aliphatic rings. The van der Waals surface area contributed by atoms with Gasteiger partial charge in [-0.1, -0.05) is 12.1 Å². The van der Waals surface area contributed by atoms with E-state index in [0.717, 1.165) is 0 Å². The summed E-state index contributed by atoms with van der Waals surface area (Å²) >= 11 is 5.20. The predicted octanol–water partition coefficient (Wildman–Crippen LogP) is -0.0503. The molecule has 0 saturated heterocycles. The minimum Gasteiger partial charge on any atom is -0.225 e. The van der Waals surface area contributed by atoms with E-state index < -0.39 is 25.3 Å². The van der Waals surface area contributed by atoms with Crippen molar-refractivity contribution < 1.29 is 16.8 Å². The van der Waals surface area contributed by atoms with E-state index in [1.54, 1.807) is 6.07 Å². The van der Waals surface area contributed by atoms with Crippen LogP contribution in [0.2, 0.25) is 0 Å². The Labute approximate surface area is 105 Å². The zero-order chi connectivity index (χ0) is 13.1. The first kappa shape index (κ1) is 14.4. The molecule has 0 aliphatic heterocycles. The number of nitrogens with two attached hydrogens (primary N) is 1. The maximum Gasteiger partial charge on any atom is 0.238 e. The molecule has 1 rings (SSSR count). The molecule has 17 heavy (non-hydrogen) atoms. The number of alkyl halides is 1. The van der Waals surface area contributed by atoms with Crippen molar-refractivity contribution in [3.63, 3.8) is 0 Å². The van der Waals surface area contributed by atoms with Gasteiger partial charge in [0.05, 0.1) is 4.90 Å². The molecule has 0 atom stereocenters. The lowest BCUT2D eigenvalue weighted by Gasteiger charge is -2.05. The van der Waals surface area contributed by atoms with Crippen molar-refractivity contribution in [3.05, 3.63) is 29.8 Å². The van der Waals surface area contributed by atoms with E-state index in [2.05, 4.69) is 4.72 Å². The summed E-state index contributed by atoms with van der Waals surface area (Å²) in [5, 5.41) is 4.39.